The van der Waals surface area contributed by atoms with Crippen molar-refractivity contribution in [3.05, 3.63) is 24.9 Å². The van der Waals surface area contributed by atoms with Crippen LogP contribution in [0.4, 0.5) is 0 Å². The van der Waals surface area contributed by atoms with Crippen LogP contribution < -0.4 is 4.74 Å². The van der Waals surface area contributed by atoms with Gasteiger partial charge in [-0.15, -0.1) is 0 Å². The fourth-order valence-electron chi connectivity index (χ4n) is 0.899. The molecule has 0 aliphatic rings. The van der Waals surface area contributed by atoms with Gasteiger partial charge in [-0.1, -0.05) is 0 Å². The van der Waals surface area contributed by atoms with Crippen molar-refractivity contribution in [2.24, 2.45) is 0 Å². The van der Waals surface area contributed by atoms with Gasteiger partial charge in [-0.05, 0) is 0 Å². The summed E-state index contributed by atoms with van der Waals surface area (Å²) in [7, 11) is 1.53. The largest absolute Gasteiger partial charge is 0.480 e. The predicted molar refractivity (Wildman–Crippen MR) is 44.1 cm³/mol. The monoisotopic (exact) mass is 177 g/mol. The van der Waals surface area contributed by atoms with Crippen molar-refractivity contribution in [3.8, 4) is 17.5 Å². The summed E-state index contributed by atoms with van der Waals surface area (Å²) in [6, 6.07) is 0. The number of nitrogens with zero attached hydrogens (tertiary/aromatic N) is 3. The number of oxazole rings is 1. The fraction of sp³-hybridized carbons (Fsp3) is 0.125. The molecule has 0 N–H and O–H groups in total. The molecular weight excluding hydrogens is 170 g/mol. The zero-order valence-electron chi connectivity index (χ0n) is 6.97. The Labute approximate surface area is 74.4 Å². The summed E-state index contributed by atoms with van der Waals surface area (Å²) in [5.74, 6) is 0.877. The van der Waals surface area contributed by atoms with E-state index in [9.17, 15) is 0 Å². The van der Waals surface area contributed by atoms with Crippen LogP contribution in [0.15, 0.2) is 29.3 Å². The third-order valence-corrected chi connectivity index (χ3v) is 1.47. The Hall–Kier alpha value is -1.91. The van der Waals surface area contributed by atoms with E-state index in [2.05, 4.69) is 15.0 Å². The molecule has 0 bridgehead atoms. The van der Waals surface area contributed by atoms with Gasteiger partial charge < -0.3 is 9.15 Å². The smallest absolute Gasteiger partial charge is 0.246 e. The van der Waals surface area contributed by atoms with Crippen LogP contribution in [-0.2, 0) is 0 Å². The molecule has 0 saturated heterocycles. The summed E-state index contributed by atoms with van der Waals surface area (Å²) in [4.78, 5) is 12.0. The molecule has 0 aliphatic heterocycles. The van der Waals surface area contributed by atoms with Crippen molar-refractivity contribution >= 4 is 0 Å². The number of hydrogen-bond acceptors (Lipinski definition) is 5. The minimum Gasteiger partial charge on any atom is -0.480 e. The maximum Gasteiger partial charge on any atom is 0.246 e. The van der Waals surface area contributed by atoms with Gasteiger partial charge in [-0.25, -0.2) is 9.97 Å². The molecule has 2 rings (SSSR count). The number of rotatable bonds is 2. The van der Waals surface area contributed by atoms with E-state index < -0.39 is 0 Å². The molecule has 0 radical (unpaired) electrons. The highest BCUT2D eigenvalue weighted by Crippen LogP contribution is 2.15. The second-order valence-corrected chi connectivity index (χ2v) is 2.28. The molecule has 0 saturated carbocycles. The Kier molecular flexibility index (Phi) is 1.91. The van der Waals surface area contributed by atoms with Gasteiger partial charge in [0, 0.05) is 0 Å². The quantitative estimate of drug-likeness (QED) is 0.688. The average Bonchev–Trinajstić information content (AvgIpc) is 2.71. The van der Waals surface area contributed by atoms with E-state index in [-0.39, 0.29) is 0 Å². The van der Waals surface area contributed by atoms with Crippen LogP contribution in [0.3, 0.4) is 0 Å². The van der Waals surface area contributed by atoms with Gasteiger partial charge in [0.2, 0.25) is 11.8 Å². The highest BCUT2D eigenvalue weighted by Gasteiger charge is 2.05. The lowest BCUT2D eigenvalue weighted by molar-refractivity contribution is 0.395. The summed E-state index contributed by atoms with van der Waals surface area (Å²) in [5.41, 5.74) is 0.560. The standard InChI is InChI=1S/C8H7N3O2/c1-12-7-5-9-4-6(11-7)8-10-2-3-13-8/h2-5H,1H3. The molecule has 2 aromatic heterocycles. The van der Waals surface area contributed by atoms with E-state index in [1.807, 2.05) is 0 Å². The van der Waals surface area contributed by atoms with Gasteiger partial charge in [0.25, 0.3) is 0 Å². The van der Waals surface area contributed by atoms with E-state index >= 15 is 0 Å². The Morgan fingerprint density at radius 3 is 3.00 bits per heavy atom. The summed E-state index contributed by atoms with van der Waals surface area (Å²) in [6.07, 6.45) is 6.12. The maximum atomic E-state index is 5.05. The average molecular weight is 177 g/mol. The SMILES string of the molecule is COc1cncc(-c2ncco2)n1. The van der Waals surface area contributed by atoms with Gasteiger partial charge >= 0.3 is 0 Å². The van der Waals surface area contributed by atoms with E-state index in [1.54, 1.807) is 12.4 Å². The lowest BCUT2D eigenvalue weighted by Gasteiger charge is -1.98. The lowest BCUT2D eigenvalue weighted by atomic mass is 10.4. The summed E-state index contributed by atoms with van der Waals surface area (Å²) >= 11 is 0. The first-order valence-corrected chi connectivity index (χ1v) is 3.66. The molecular formula is C8H7N3O2. The van der Waals surface area contributed by atoms with Gasteiger partial charge in [0.15, 0.2) is 0 Å². The molecule has 0 fully saturated rings. The molecule has 0 spiro atoms. The van der Waals surface area contributed by atoms with Crippen molar-refractivity contribution in [2.45, 2.75) is 0 Å². The Balaban J connectivity index is 2.41. The number of aromatic nitrogens is 3. The van der Waals surface area contributed by atoms with E-state index in [0.29, 0.717) is 17.5 Å². The Bertz CT molecular complexity index is 386. The fourth-order valence-corrected chi connectivity index (χ4v) is 0.899. The van der Waals surface area contributed by atoms with Crippen LogP contribution >= 0.6 is 0 Å². The number of methoxy groups -OCH3 is 1. The van der Waals surface area contributed by atoms with Gasteiger partial charge in [-0.3, -0.25) is 4.98 Å². The maximum absolute atomic E-state index is 5.05. The molecule has 5 nitrogen and oxygen atoms in total. The molecule has 0 unspecified atom stereocenters. The first-order valence-electron chi connectivity index (χ1n) is 3.66. The summed E-state index contributed by atoms with van der Waals surface area (Å²) < 4.78 is 9.96. The summed E-state index contributed by atoms with van der Waals surface area (Å²) in [6.45, 7) is 0. The second-order valence-electron chi connectivity index (χ2n) is 2.28. The van der Waals surface area contributed by atoms with Crippen molar-refractivity contribution in [3.63, 3.8) is 0 Å². The van der Waals surface area contributed by atoms with Gasteiger partial charge in [0.1, 0.15) is 12.0 Å². The third-order valence-electron chi connectivity index (χ3n) is 1.47. The zero-order valence-corrected chi connectivity index (χ0v) is 6.97. The predicted octanol–water partition coefficient (Wildman–Crippen LogP) is 1.14. The summed E-state index contributed by atoms with van der Waals surface area (Å²) in [5, 5.41) is 0. The Morgan fingerprint density at radius 2 is 2.31 bits per heavy atom. The first-order chi connectivity index (χ1) is 6.40. The molecule has 2 aromatic rings. The van der Waals surface area contributed by atoms with E-state index in [4.69, 9.17) is 9.15 Å². The minimum atomic E-state index is 0.436. The van der Waals surface area contributed by atoms with Crippen LogP contribution in [0, 0.1) is 0 Å². The molecule has 13 heavy (non-hydrogen) atoms. The second kappa shape index (κ2) is 3.22. The van der Waals surface area contributed by atoms with Crippen molar-refractivity contribution in [1.82, 2.24) is 15.0 Å². The van der Waals surface area contributed by atoms with Gasteiger partial charge in [0.05, 0.1) is 25.7 Å². The van der Waals surface area contributed by atoms with Gasteiger partial charge in [-0.2, -0.15) is 0 Å². The molecule has 66 valence electrons. The molecule has 0 aromatic carbocycles. The topological polar surface area (TPSA) is 61.0 Å². The molecule has 0 amide bonds. The minimum absolute atomic E-state index is 0.436. The lowest BCUT2D eigenvalue weighted by Crippen LogP contribution is -1.91. The number of ether oxygens (including phenoxy) is 1. The third kappa shape index (κ3) is 1.48. The molecule has 5 heteroatoms. The molecule has 0 atom stereocenters. The number of hydrogen-bond donors (Lipinski definition) is 0. The van der Waals surface area contributed by atoms with Crippen molar-refractivity contribution in [1.29, 1.82) is 0 Å². The van der Waals surface area contributed by atoms with Crippen LogP contribution in [0.25, 0.3) is 11.6 Å². The Morgan fingerprint density at radius 1 is 1.38 bits per heavy atom. The van der Waals surface area contributed by atoms with E-state index in [1.165, 1.54) is 19.6 Å². The van der Waals surface area contributed by atoms with Crippen LogP contribution in [0.5, 0.6) is 5.88 Å². The normalized spacial score (nSPS) is 9.92. The van der Waals surface area contributed by atoms with Crippen LogP contribution in [0.2, 0.25) is 0 Å². The highest BCUT2D eigenvalue weighted by molar-refractivity contribution is 5.44. The zero-order chi connectivity index (χ0) is 9.10. The molecule has 0 aliphatic carbocycles. The first kappa shape index (κ1) is 7.72. The highest BCUT2D eigenvalue weighted by atomic mass is 16.5. The van der Waals surface area contributed by atoms with Crippen molar-refractivity contribution in [2.75, 3.05) is 7.11 Å². The molecule has 2 heterocycles. The van der Waals surface area contributed by atoms with Crippen molar-refractivity contribution < 1.29 is 9.15 Å². The van der Waals surface area contributed by atoms with Crippen LogP contribution in [0.1, 0.15) is 0 Å². The van der Waals surface area contributed by atoms with Crippen LogP contribution in [-0.4, -0.2) is 22.1 Å². The van der Waals surface area contributed by atoms with E-state index in [0.717, 1.165) is 0 Å².